The Morgan fingerprint density at radius 2 is 2.11 bits per heavy atom. The molecule has 0 saturated heterocycles. The Kier molecular flexibility index (Phi) is 4.03. The maximum absolute atomic E-state index is 11.7. The minimum absolute atomic E-state index is 0.134. The van der Waals surface area contributed by atoms with E-state index in [0.29, 0.717) is 13.0 Å². The van der Waals surface area contributed by atoms with E-state index >= 15 is 0 Å². The number of nitrogens with one attached hydrogen (secondary N) is 1. The summed E-state index contributed by atoms with van der Waals surface area (Å²) in [5, 5.41) is 10.6. The van der Waals surface area contributed by atoms with Crippen molar-refractivity contribution in [2.45, 2.75) is 13.0 Å². The Bertz CT molecular complexity index is 508. The van der Waals surface area contributed by atoms with E-state index in [9.17, 15) is 4.79 Å². The largest absolute Gasteiger partial charge is 0.330 e. The number of hydrogen-bond donors (Lipinski definition) is 2. The summed E-state index contributed by atoms with van der Waals surface area (Å²) in [6, 6.07) is 9.29. The van der Waals surface area contributed by atoms with Crippen LogP contribution in [0.15, 0.2) is 36.5 Å². The van der Waals surface area contributed by atoms with Crippen molar-refractivity contribution in [2.75, 3.05) is 11.9 Å². The van der Waals surface area contributed by atoms with Gasteiger partial charge in [0.05, 0.1) is 5.69 Å². The van der Waals surface area contributed by atoms with E-state index in [1.54, 1.807) is 6.20 Å². The zero-order valence-corrected chi connectivity index (χ0v) is 9.91. The summed E-state index contributed by atoms with van der Waals surface area (Å²) in [7, 11) is 0. The first-order valence-electron chi connectivity index (χ1n) is 5.72. The second-order valence-corrected chi connectivity index (χ2v) is 3.86. The summed E-state index contributed by atoms with van der Waals surface area (Å²) in [5.74, 6) is -0.134. The summed E-state index contributed by atoms with van der Waals surface area (Å²) >= 11 is 0. The molecule has 0 radical (unpaired) electrons. The van der Waals surface area contributed by atoms with Crippen LogP contribution in [0.25, 0.3) is 0 Å². The second-order valence-electron chi connectivity index (χ2n) is 3.86. The average Bonchev–Trinajstić information content (AvgIpc) is 2.78. The predicted molar refractivity (Wildman–Crippen MR) is 67.9 cm³/mol. The van der Waals surface area contributed by atoms with Crippen LogP contribution in [0.1, 0.15) is 5.69 Å². The van der Waals surface area contributed by atoms with Gasteiger partial charge in [0, 0.05) is 18.3 Å². The zero-order valence-electron chi connectivity index (χ0n) is 9.91. The van der Waals surface area contributed by atoms with Gasteiger partial charge in [-0.15, -0.1) is 5.10 Å². The molecule has 6 nitrogen and oxygen atoms in total. The first-order valence-corrected chi connectivity index (χ1v) is 5.72. The number of nitrogens with two attached hydrogens (primary N) is 1. The number of hydrogen-bond acceptors (Lipinski definition) is 4. The molecule has 0 saturated carbocycles. The standard InChI is InChI=1S/C12H15N5O/c13-7-6-11-8-17(16-15-11)9-12(18)14-10-4-2-1-3-5-10/h1-5,8H,6-7,9,13H2,(H,14,18). The van der Waals surface area contributed by atoms with Gasteiger partial charge in [-0.3, -0.25) is 4.79 Å². The lowest BCUT2D eigenvalue weighted by Gasteiger charge is -2.04. The highest BCUT2D eigenvalue weighted by Crippen LogP contribution is 2.04. The number of benzene rings is 1. The molecule has 0 aliphatic rings. The van der Waals surface area contributed by atoms with Crippen LogP contribution in [0.3, 0.4) is 0 Å². The summed E-state index contributed by atoms with van der Waals surface area (Å²) in [4.78, 5) is 11.7. The Morgan fingerprint density at radius 1 is 1.33 bits per heavy atom. The van der Waals surface area contributed by atoms with E-state index in [1.807, 2.05) is 30.3 Å². The first-order chi connectivity index (χ1) is 8.78. The number of aromatic nitrogens is 3. The van der Waals surface area contributed by atoms with Crippen LogP contribution in [0.5, 0.6) is 0 Å². The van der Waals surface area contributed by atoms with Crippen LogP contribution in [0.2, 0.25) is 0 Å². The second kappa shape index (κ2) is 5.92. The van der Waals surface area contributed by atoms with Crippen LogP contribution in [-0.4, -0.2) is 27.4 Å². The Hall–Kier alpha value is -2.21. The normalized spacial score (nSPS) is 10.3. The van der Waals surface area contributed by atoms with Gasteiger partial charge in [-0.25, -0.2) is 4.68 Å². The van der Waals surface area contributed by atoms with Crippen LogP contribution >= 0.6 is 0 Å². The molecule has 94 valence electrons. The molecule has 18 heavy (non-hydrogen) atoms. The lowest BCUT2D eigenvalue weighted by atomic mass is 10.3. The SMILES string of the molecule is NCCc1cn(CC(=O)Nc2ccccc2)nn1. The fourth-order valence-corrected chi connectivity index (χ4v) is 1.55. The molecule has 0 spiro atoms. The number of rotatable bonds is 5. The number of nitrogens with zero attached hydrogens (tertiary/aromatic N) is 3. The quantitative estimate of drug-likeness (QED) is 0.799. The molecular weight excluding hydrogens is 230 g/mol. The smallest absolute Gasteiger partial charge is 0.246 e. The highest BCUT2D eigenvalue weighted by atomic mass is 16.2. The van der Waals surface area contributed by atoms with E-state index in [-0.39, 0.29) is 12.5 Å². The molecule has 1 aromatic carbocycles. The molecule has 0 fully saturated rings. The molecule has 2 aromatic rings. The predicted octanol–water partition coefficient (Wildman–Crippen LogP) is 0.418. The maximum atomic E-state index is 11.7. The Labute approximate surface area is 105 Å². The molecule has 1 aromatic heterocycles. The molecule has 0 aliphatic carbocycles. The molecule has 6 heteroatoms. The highest BCUT2D eigenvalue weighted by Gasteiger charge is 2.05. The van der Waals surface area contributed by atoms with E-state index in [1.165, 1.54) is 4.68 Å². The Balaban J connectivity index is 1.90. The third-order valence-electron chi connectivity index (χ3n) is 2.35. The number of carbonyl (C=O) groups excluding carboxylic acids is 1. The Morgan fingerprint density at radius 3 is 2.83 bits per heavy atom. The van der Waals surface area contributed by atoms with Crippen molar-refractivity contribution in [1.29, 1.82) is 0 Å². The van der Waals surface area contributed by atoms with Crippen LogP contribution in [0.4, 0.5) is 5.69 Å². The van der Waals surface area contributed by atoms with Gasteiger partial charge in [0.2, 0.25) is 5.91 Å². The van der Waals surface area contributed by atoms with E-state index in [2.05, 4.69) is 15.6 Å². The van der Waals surface area contributed by atoms with Gasteiger partial charge in [-0.2, -0.15) is 0 Å². The average molecular weight is 245 g/mol. The lowest BCUT2D eigenvalue weighted by molar-refractivity contribution is -0.116. The number of anilines is 1. The first kappa shape index (κ1) is 12.3. The summed E-state index contributed by atoms with van der Waals surface area (Å²) in [6.07, 6.45) is 2.40. The summed E-state index contributed by atoms with van der Waals surface area (Å²) < 4.78 is 1.50. The van der Waals surface area contributed by atoms with Gasteiger partial charge in [0.25, 0.3) is 0 Å². The van der Waals surface area contributed by atoms with Gasteiger partial charge in [0.1, 0.15) is 6.54 Å². The molecule has 0 aliphatic heterocycles. The van der Waals surface area contributed by atoms with Gasteiger partial charge in [-0.1, -0.05) is 23.4 Å². The third-order valence-corrected chi connectivity index (χ3v) is 2.35. The van der Waals surface area contributed by atoms with Crippen molar-refractivity contribution in [3.05, 3.63) is 42.2 Å². The molecule has 2 rings (SSSR count). The van der Waals surface area contributed by atoms with Crippen LogP contribution in [-0.2, 0) is 17.8 Å². The van der Waals surface area contributed by atoms with Crippen molar-refractivity contribution >= 4 is 11.6 Å². The van der Waals surface area contributed by atoms with Crippen LogP contribution < -0.4 is 11.1 Å². The van der Waals surface area contributed by atoms with E-state index in [4.69, 9.17) is 5.73 Å². The molecule has 0 bridgehead atoms. The van der Waals surface area contributed by atoms with Crippen molar-refractivity contribution in [1.82, 2.24) is 15.0 Å². The maximum Gasteiger partial charge on any atom is 0.246 e. The van der Waals surface area contributed by atoms with Gasteiger partial charge < -0.3 is 11.1 Å². The minimum Gasteiger partial charge on any atom is -0.330 e. The zero-order chi connectivity index (χ0) is 12.8. The lowest BCUT2D eigenvalue weighted by Crippen LogP contribution is -2.19. The van der Waals surface area contributed by atoms with Crippen molar-refractivity contribution < 1.29 is 4.79 Å². The number of amides is 1. The van der Waals surface area contributed by atoms with Gasteiger partial charge in [0.15, 0.2) is 0 Å². The van der Waals surface area contributed by atoms with E-state index in [0.717, 1.165) is 11.4 Å². The molecular formula is C12H15N5O. The van der Waals surface area contributed by atoms with E-state index < -0.39 is 0 Å². The van der Waals surface area contributed by atoms with Crippen molar-refractivity contribution in [3.63, 3.8) is 0 Å². The molecule has 1 amide bonds. The van der Waals surface area contributed by atoms with Gasteiger partial charge in [-0.05, 0) is 18.7 Å². The number of para-hydroxylation sites is 1. The topological polar surface area (TPSA) is 85.8 Å². The highest BCUT2D eigenvalue weighted by molar-refractivity contribution is 5.90. The third kappa shape index (κ3) is 3.39. The van der Waals surface area contributed by atoms with Gasteiger partial charge >= 0.3 is 0 Å². The van der Waals surface area contributed by atoms with Crippen molar-refractivity contribution in [3.8, 4) is 0 Å². The van der Waals surface area contributed by atoms with Crippen molar-refractivity contribution in [2.24, 2.45) is 5.73 Å². The summed E-state index contributed by atoms with van der Waals surface area (Å²) in [5.41, 5.74) is 6.98. The fourth-order valence-electron chi connectivity index (χ4n) is 1.55. The fraction of sp³-hybridized carbons (Fsp3) is 0.250. The molecule has 1 heterocycles. The minimum atomic E-state index is -0.134. The number of carbonyl (C=O) groups is 1. The molecule has 0 unspecified atom stereocenters. The van der Waals surface area contributed by atoms with Crippen LogP contribution in [0, 0.1) is 0 Å². The molecule has 0 atom stereocenters. The summed E-state index contributed by atoms with van der Waals surface area (Å²) in [6.45, 7) is 0.668. The molecule has 3 N–H and O–H groups in total. The monoisotopic (exact) mass is 245 g/mol.